The summed E-state index contributed by atoms with van der Waals surface area (Å²) in [7, 11) is 0. The predicted octanol–water partition coefficient (Wildman–Crippen LogP) is 4.65. The summed E-state index contributed by atoms with van der Waals surface area (Å²) in [6.07, 6.45) is -3.57. The van der Waals surface area contributed by atoms with Crippen molar-refractivity contribution in [1.29, 1.82) is 0 Å². The molecule has 0 saturated carbocycles. The average molecular weight is 516 g/mol. The van der Waals surface area contributed by atoms with Crippen molar-refractivity contribution in [3.8, 4) is 0 Å². The number of fused-ring (bicyclic) bond motifs is 1. The van der Waals surface area contributed by atoms with E-state index in [1.54, 1.807) is 11.0 Å². The van der Waals surface area contributed by atoms with Crippen LogP contribution in [0, 0.1) is 5.82 Å². The number of alkyl halides is 3. The van der Waals surface area contributed by atoms with E-state index in [9.17, 15) is 22.4 Å². The van der Waals surface area contributed by atoms with E-state index in [1.165, 1.54) is 24.3 Å². The number of hydrogen-bond acceptors (Lipinski definition) is 5. The summed E-state index contributed by atoms with van der Waals surface area (Å²) in [5.41, 5.74) is 1.93. The van der Waals surface area contributed by atoms with Gasteiger partial charge in [-0.05, 0) is 42.0 Å². The van der Waals surface area contributed by atoms with Crippen molar-refractivity contribution in [2.75, 3.05) is 43.1 Å². The summed E-state index contributed by atoms with van der Waals surface area (Å²) < 4.78 is 57.7. The number of urea groups is 1. The second kappa shape index (κ2) is 10.3. The van der Waals surface area contributed by atoms with Gasteiger partial charge in [0.15, 0.2) is 0 Å². The molecule has 0 aliphatic carbocycles. The van der Waals surface area contributed by atoms with Crippen LogP contribution in [-0.2, 0) is 30.3 Å². The first-order chi connectivity index (χ1) is 17.8. The number of rotatable bonds is 4. The first-order valence-corrected chi connectivity index (χ1v) is 12.0. The predicted molar refractivity (Wildman–Crippen MR) is 129 cm³/mol. The van der Waals surface area contributed by atoms with Crippen LogP contribution in [0.15, 0.2) is 48.5 Å². The molecule has 11 heteroatoms. The number of nitrogens with zero attached hydrogens (tertiary/aromatic N) is 4. The summed E-state index contributed by atoms with van der Waals surface area (Å²) in [4.78, 5) is 26.2. The van der Waals surface area contributed by atoms with Crippen LogP contribution in [0.4, 0.5) is 33.9 Å². The van der Waals surface area contributed by atoms with Gasteiger partial charge in [-0.1, -0.05) is 12.1 Å². The smallest absolute Gasteiger partial charge is 0.378 e. The molecule has 5 rings (SSSR count). The highest BCUT2D eigenvalue weighted by Crippen LogP contribution is 2.31. The number of benzene rings is 2. The van der Waals surface area contributed by atoms with Crippen LogP contribution in [0.25, 0.3) is 0 Å². The molecular weight excluding hydrogens is 490 g/mol. The lowest BCUT2D eigenvalue weighted by Crippen LogP contribution is -2.42. The Morgan fingerprint density at radius 2 is 1.78 bits per heavy atom. The molecular formula is C26H25F4N5O2. The standard InChI is InChI=1S/C26H25F4N5O2/c27-19-3-1-2-17(14-19)15-23-32-22-8-9-35(16-21(22)24(33-23)34-10-12-37-13-11-34)25(36)31-20-6-4-18(5-7-20)26(28,29)30/h1-7,14H,8-13,15-16H2,(H,31,36). The van der Waals surface area contributed by atoms with Crippen molar-refractivity contribution < 1.29 is 27.1 Å². The van der Waals surface area contributed by atoms with Crippen molar-refractivity contribution in [1.82, 2.24) is 14.9 Å². The lowest BCUT2D eigenvalue weighted by atomic mass is 10.0. The molecule has 3 heterocycles. The molecule has 194 valence electrons. The summed E-state index contributed by atoms with van der Waals surface area (Å²) in [5.74, 6) is 0.985. The Labute approximate surface area is 211 Å². The zero-order chi connectivity index (χ0) is 26.0. The van der Waals surface area contributed by atoms with Crippen molar-refractivity contribution in [2.24, 2.45) is 0 Å². The number of anilines is 2. The monoisotopic (exact) mass is 515 g/mol. The lowest BCUT2D eigenvalue weighted by Gasteiger charge is -2.34. The van der Waals surface area contributed by atoms with Gasteiger partial charge in [0, 0.05) is 43.7 Å². The van der Waals surface area contributed by atoms with Gasteiger partial charge < -0.3 is 19.9 Å². The number of hydrogen-bond donors (Lipinski definition) is 1. The molecule has 0 bridgehead atoms. The van der Waals surface area contributed by atoms with Gasteiger partial charge in [-0.25, -0.2) is 19.2 Å². The summed E-state index contributed by atoms with van der Waals surface area (Å²) in [5, 5.41) is 2.68. The van der Waals surface area contributed by atoms with Crippen LogP contribution < -0.4 is 10.2 Å². The van der Waals surface area contributed by atoms with Gasteiger partial charge in [0.2, 0.25) is 0 Å². The molecule has 0 radical (unpaired) electrons. The number of aromatic nitrogens is 2. The number of carbonyl (C=O) groups is 1. The molecule has 2 amide bonds. The minimum atomic E-state index is -4.44. The Balaban J connectivity index is 1.37. The Kier molecular flexibility index (Phi) is 6.96. The Bertz CT molecular complexity index is 1280. The third-order valence-corrected chi connectivity index (χ3v) is 6.40. The molecule has 1 saturated heterocycles. The number of carbonyl (C=O) groups excluding carboxylic acids is 1. The van der Waals surface area contributed by atoms with E-state index in [0.717, 1.165) is 34.8 Å². The Morgan fingerprint density at radius 3 is 2.49 bits per heavy atom. The fourth-order valence-electron chi connectivity index (χ4n) is 4.51. The minimum Gasteiger partial charge on any atom is -0.378 e. The van der Waals surface area contributed by atoms with E-state index in [-0.39, 0.29) is 18.0 Å². The molecule has 2 aliphatic heterocycles. The van der Waals surface area contributed by atoms with E-state index in [0.29, 0.717) is 51.5 Å². The maximum atomic E-state index is 13.7. The number of morpholine rings is 1. The minimum absolute atomic E-state index is 0.259. The molecule has 2 aliphatic rings. The van der Waals surface area contributed by atoms with Crippen molar-refractivity contribution in [3.05, 3.63) is 82.6 Å². The molecule has 1 aromatic heterocycles. The Hall–Kier alpha value is -3.73. The zero-order valence-electron chi connectivity index (χ0n) is 19.9. The van der Waals surface area contributed by atoms with Crippen LogP contribution in [0.3, 0.4) is 0 Å². The van der Waals surface area contributed by atoms with Crippen LogP contribution in [0.2, 0.25) is 0 Å². The second-order valence-corrected chi connectivity index (χ2v) is 8.97. The lowest BCUT2D eigenvalue weighted by molar-refractivity contribution is -0.137. The van der Waals surface area contributed by atoms with Gasteiger partial charge >= 0.3 is 12.2 Å². The van der Waals surface area contributed by atoms with Crippen LogP contribution in [0.1, 0.15) is 28.2 Å². The molecule has 0 atom stereocenters. The van der Waals surface area contributed by atoms with Crippen LogP contribution in [-0.4, -0.2) is 53.7 Å². The zero-order valence-corrected chi connectivity index (χ0v) is 19.9. The molecule has 2 aromatic carbocycles. The fraction of sp³-hybridized carbons (Fsp3) is 0.346. The highest BCUT2D eigenvalue weighted by Gasteiger charge is 2.31. The number of ether oxygens (including phenoxy) is 1. The van der Waals surface area contributed by atoms with Gasteiger partial charge in [0.25, 0.3) is 0 Å². The van der Waals surface area contributed by atoms with E-state index in [4.69, 9.17) is 14.7 Å². The third kappa shape index (κ3) is 5.82. The number of halogens is 4. The maximum Gasteiger partial charge on any atom is 0.416 e. The topological polar surface area (TPSA) is 70.6 Å². The highest BCUT2D eigenvalue weighted by atomic mass is 19.4. The van der Waals surface area contributed by atoms with E-state index < -0.39 is 17.8 Å². The van der Waals surface area contributed by atoms with Gasteiger partial charge in [0.1, 0.15) is 17.5 Å². The van der Waals surface area contributed by atoms with Crippen molar-refractivity contribution >= 4 is 17.5 Å². The molecule has 0 spiro atoms. The van der Waals surface area contributed by atoms with Crippen LogP contribution in [0.5, 0.6) is 0 Å². The van der Waals surface area contributed by atoms with Crippen LogP contribution >= 0.6 is 0 Å². The summed E-state index contributed by atoms with van der Waals surface area (Å²) in [6, 6.07) is 10.3. The van der Waals surface area contributed by atoms with Gasteiger partial charge in [-0.15, -0.1) is 0 Å². The third-order valence-electron chi connectivity index (χ3n) is 6.40. The van der Waals surface area contributed by atoms with Crippen molar-refractivity contribution in [2.45, 2.75) is 25.6 Å². The first kappa shape index (κ1) is 24.9. The molecule has 37 heavy (non-hydrogen) atoms. The van der Waals surface area contributed by atoms with Gasteiger partial charge in [-0.3, -0.25) is 0 Å². The van der Waals surface area contributed by atoms with Gasteiger partial charge in [-0.2, -0.15) is 13.2 Å². The largest absolute Gasteiger partial charge is 0.416 e. The normalized spacial score (nSPS) is 15.9. The summed E-state index contributed by atoms with van der Waals surface area (Å²) >= 11 is 0. The molecule has 1 fully saturated rings. The van der Waals surface area contributed by atoms with Gasteiger partial charge in [0.05, 0.1) is 31.0 Å². The SMILES string of the molecule is O=C(Nc1ccc(C(F)(F)F)cc1)N1CCc2nc(Cc3cccc(F)c3)nc(N3CCOCC3)c2C1. The fourth-order valence-corrected chi connectivity index (χ4v) is 4.51. The first-order valence-electron chi connectivity index (χ1n) is 12.0. The highest BCUT2D eigenvalue weighted by molar-refractivity contribution is 5.89. The quantitative estimate of drug-likeness (QED) is 0.513. The number of nitrogens with one attached hydrogen (secondary N) is 1. The molecule has 7 nitrogen and oxygen atoms in total. The van der Waals surface area contributed by atoms with E-state index in [2.05, 4.69) is 10.2 Å². The molecule has 0 unspecified atom stereocenters. The Morgan fingerprint density at radius 1 is 1.03 bits per heavy atom. The second-order valence-electron chi connectivity index (χ2n) is 8.97. The van der Waals surface area contributed by atoms with E-state index >= 15 is 0 Å². The summed E-state index contributed by atoms with van der Waals surface area (Å²) in [6.45, 7) is 3.03. The van der Waals surface area contributed by atoms with E-state index in [1.807, 2.05) is 6.07 Å². The average Bonchev–Trinajstić information content (AvgIpc) is 2.88. The maximum absolute atomic E-state index is 13.7. The molecule has 3 aromatic rings. The molecule has 1 N–H and O–H groups in total. The van der Waals surface area contributed by atoms with Crippen molar-refractivity contribution in [3.63, 3.8) is 0 Å². The number of amides is 2.